The van der Waals surface area contributed by atoms with Crippen LogP contribution in [0.15, 0.2) is 4.52 Å². The van der Waals surface area contributed by atoms with Gasteiger partial charge in [-0.2, -0.15) is 0 Å². The monoisotopic (exact) mass is 327 g/mol. The second-order valence-corrected chi connectivity index (χ2v) is 6.90. The predicted molar refractivity (Wildman–Crippen MR) is 80.1 cm³/mol. The van der Waals surface area contributed by atoms with E-state index < -0.39 is 11.3 Å². The van der Waals surface area contributed by atoms with Gasteiger partial charge in [0, 0.05) is 38.2 Å². The van der Waals surface area contributed by atoms with E-state index in [1.54, 1.807) is 16.7 Å². The van der Waals surface area contributed by atoms with E-state index in [2.05, 4.69) is 5.16 Å². The second-order valence-electron chi connectivity index (χ2n) is 6.90. The molecule has 1 atom stereocenters. The largest absolute Gasteiger partial charge is 0.361 e. The van der Waals surface area contributed by atoms with Crippen LogP contribution in [0.1, 0.15) is 36.8 Å². The number of rotatable bonds is 3. The van der Waals surface area contributed by atoms with Gasteiger partial charge in [0.25, 0.3) is 5.92 Å². The number of hydrogen-bond acceptors (Lipinski definition) is 4. The molecule has 0 unspecified atom stereocenters. The molecule has 3 rings (SSSR count). The van der Waals surface area contributed by atoms with Gasteiger partial charge in [-0.15, -0.1) is 0 Å². The summed E-state index contributed by atoms with van der Waals surface area (Å²) < 4.78 is 33.8. The molecule has 0 aromatic carbocycles. The molecule has 0 radical (unpaired) electrons. The number of carbonyl (C=O) groups excluding carboxylic acids is 1. The van der Waals surface area contributed by atoms with Gasteiger partial charge in [-0.05, 0) is 27.2 Å². The van der Waals surface area contributed by atoms with Crippen LogP contribution in [0.25, 0.3) is 0 Å². The smallest absolute Gasteiger partial charge is 0.261 e. The number of aryl methyl sites for hydroxylation is 2. The molecule has 1 amide bonds. The minimum absolute atomic E-state index is 0.122. The molecule has 128 valence electrons. The number of aromatic nitrogens is 1. The SMILES string of the molecule is CCN1CC[C@]2(CN(Cc3c(C)noc3C)CC(F)(F)C2)C1=O. The molecule has 1 spiro atoms. The molecule has 2 aliphatic heterocycles. The molecule has 3 heterocycles. The Hall–Kier alpha value is -1.50. The van der Waals surface area contributed by atoms with Gasteiger partial charge in [0.1, 0.15) is 5.76 Å². The predicted octanol–water partition coefficient (Wildman–Crippen LogP) is 2.37. The summed E-state index contributed by atoms with van der Waals surface area (Å²) in [5, 5.41) is 3.88. The fourth-order valence-corrected chi connectivity index (χ4v) is 3.99. The van der Waals surface area contributed by atoms with E-state index in [-0.39, 0.29) is 18.9 Å². The highest BCUT2D eigenvalue weighted by Crippen LogP contribution is 2.46. The summed E-state index contributed by atoms with van der Waals surface area (Å²) in [5.41, 5.74) is 0.616. The van der Waals surface area contributed by atoms with Crippen molar-refractivity contribution in [2.75, 3.05) is 26.2 Å². The van der Waals surface area contributed by atoms with Crippen molar-refractivity contribution in [3.05, 3.63) is 17.0 Å². The Kier molecular flexibility index (Phi) is 3.94. The van der Waals surface area contributed by atoms with Crippen LogP contribution in [0, 0.1) is 19.3 Å². The van der Waals surface area contributed by atoms with E-state index in [0.29, 0.717) is 38.4 Å². The Balaban J connectivity index is 1.84. The first kappa shape index (κ1) is 16.4. The molecule has 0 aliphatic carbocycles. The summed E-state index contributed by atoms with van der Waals surface area (Å²) in [4.78, 5) is 16.0. The highest BCUT2D eigenvalue weighted by Gasteiger charge is 2.56. The molecule has 2 fully saturated rings. The average molecular weight is 327 g/mol. The molecule has 2 aliphatic rings. The highest BCUT2D eigenvalue weighted by atomic mass is 19.3. The average Bonchev–Trinajstić information content (AvgIpc) is 2.92. The van der Waals surface area contributed by atoms with Crippen LogP contribution < -0.4 is 0 Å². The summed E-state index contributed by atoms with van der Waals surface area (Å²) in [6.07, 6.45) is 0.167. The standard InChI is InChI=1S/C16H23F2N3O2/c1-4-21-6-5-15(14(21)22)8-16(17,18)10-20(9-15)7-13-11(2)19-23-12(13)3/h4-10H2,1-3H3/t15-/m0/s1. The Morgan fingerprint density at radius 3 is 2.61 bits per heavy atom. The molecule has 23 heavy (non-hydrogen) atoms. The third-order valence-electron chi connectivity index (χ3n) is 5.12. The van der Waals surface area contributed by atoms with Crippen molar-refractivity contribution in [3.63, 3.8) is 0 Å². The quantitative estimate of drug-likeness (QED) is 0.855. The number of carbonyl (C=O) groups is 1. The van der Waals surface area contributed by atoms with Crippen LogP contribution in [-0.2, 0) is 11.3 Å². The first-order valence-electron chi connectivity index (χ1n) is 8.08. The van der Waals surface area contributed by atoms with Gasteiger partial charge in [0.05, 0.1) is 17.7 Å². The van der Waals surface area contributed by atoms with Crippen LogP contribution in [0.5, 0.6) is 0 Å². The Labute approximate surface area is 134 Å². The molecule has 1 aromatic heterocycles. The van der Waals surface area contributed by atoms with Gasteiger partial charge < -0.3 is 9.42 Å². The number of likely N-dealkylation sites (tertiary alicyclic amines) is 2. The van der Waals surface area contributed by atoms with Crippen molar-refractivity contribution < 1.29 is 18.1 Å². The number of alkyl halides is 2. The van der Waals surface area contributed by atoms with Crippen LogP contribution >= 0.6 is 0 Å². The van der Waals surface area contributed by atoms with Crippen molar-refractivity contribution in [3.8, 4) is 0 Å². The van der Waals surface area contributed by atoms with Crippen LogP contribution in [0.3, 0.4) is 0 Å². The number of nitrogens with zero attached hydrogens (tertiary/aromatic N) is 3. The lowest BCUT2D eigenvalue weighted by Gasteiger charge is -2.42. The van der Waals surface area contributed by atoms with E-state index in [1.807, 2.05) is 13.8 Å². The van der Waals surface area contributed by atoms with Crippen molar-refractivity contribution in [2.45, 2.75) is 46.1 Å². The zero-order valence-corrected chi connectivity index (χ0v) is 13.9. The summed E-state index contributed by atoms with van der Waals surface area (Å²) in [6.45, 7) is 7.04. The van der Waals surface area contributed by atoms with E-state index >= 15 is 0 Å². The zero-order valence-electron chi connectivity index (χ0n) is 13.9. The lowest BCUT2D eigenvalue weighted by atomic mass is 9.77. The van der Waals surface area contributed by atoms with Crippen LogP contribution in [0.2, 0.25) is 0 Å². The van der Waals surface area contributed by atoms with E-state index in [1.165, 1.54) is 0 Å². The summed E-state index contributed by atoms with van der Waals surface area (Å²) >= 11 is 0. The summed E-state index contributed by atoms with van der Waals surface area (Å²) in [7, 11) is 0. The first-order valence-corrected chi connectivity index (χ1v) is 8.08. The van der Waals surface area contributed by atoms with Gasteiger partial charge in [-0.25, -0.2) is 8.78 Å². The normalized spacial score (nSPS) is 28.0. The molecular weight excluding hydrogens is 304 g/mol. The fourth-order valence-electron chi connectivity index (χ4n) is 3.99. The van der Waals surface area contributed by atoms with Gasteiger partial charge >= 0.3 is 0 Å². The molecule has 0 bridgehead atoms. The third-order valence-corrected chi connectivity index (χ3v) is 5.12. The van der Waals surface area contributed by atoms with Gasteiger partial charge in [-0.3, -0.25) is 9.69 Å². The summed E-state index contributed by atoms with van der Waals surface area (Å²) in [6, 6.07) is 0. The minimum Gasteiger partial charge on any atom is -0.361 e. The second kappa shape index (κ2) is 5.54. The number of hydrogen-bond donors (Lipinski definition) is 0. The minimum atomic E-state index is -2.85. The fraction of sp³-hybridized carbons (Fsp3) is 0.750. The Bertz CT molecular complexity index is 597. The van der Waals surface area contributed by atoms with Crippen LogP contribution in [-0.4, -0.2) is 53.0 Å². The van der Waals surface area contributed by atoms with E-state index in [9.17, 15) is 13.6 Å². The van der Waals surface area contributed by atoms with Crippen molar-refractivity contribution in [1.29, 1.82) is 0 Å². The Morgan fingerprint density at radius 1 is 1.30 bits per heavy atom. The van der Waals surface area contributed by atoms with Gasteiger partial charge in [-0.1, -0.05) is 5.16 Å². The lowest BCUT2D eigenvalue weighted by Crippen LogP contribution is -2.55. The Morgan fingerprint density at radius 2 is 2.04 bits per heavy atom. The van der Waals surface area contributed by atoms with Crippen molar-refractivity contribution in [2.24, 2.45) is 5.41 Å². The molecule has 0 saturated carbocycles. The lowest BCUT2D eigenvalue weighted by molar-refractivity contribution is -0.155. The number of piperidine rings is 1. The maximum absolute atomic E-state index is 14.3. The molecule has 1 aromatic rings. The number of amides is 1. The zero-order chi connectivity index (χ0) is 16.8. The molecule has 2 saturated heterocycles. The first-order chi connectivity index (χ1) is 10.8. The highest BCUT2D eigenvalue weighted by molar-refractivity contribution is 5.85. The van der Waals surface area contributed by atoms with E-state index in [4.69, 9.17) is 4.52 Å². The van der Waals surface area contributed by atoms with Crippen LogP contribution in [0.4, 0.5) is 8.78 Å². The van der Waals surface area contributed by atoms with Gasteiger partial charge in [0.15, 0.2) is 0 Å². The van der Waals surface area contributed by atoms with Crippen molar-refractivity contribution in [1.82, 2.24) is 15.0 Å². The topological polar surface area (TPSA) is 49.6 Å². The third kappa shape index (κ3) is 2.86. The molecule has 0 N–H and O–H groups in total. The maximum Gasteiger partial charge on any atom is 0.261 e. The number of halogens is 2. The molecule has 7 heteroatoms. The van der Waals surface area contributed by atoms with Gasteiger partial charge in [0.2, 0.25) is 5.91 Å². The maximum atomic E-state index is 14.3. The van der Waals surface area contributed by atoms with Crippen molar-refractivity contribution >= 4 is 5.91 Å². The van der Waals surface area contributed by atoms with E-state index in [0.717, 1.165) is 11.3 Å². The molecular formula is C16H23F2N3O2. The molecule has 5 nitrogen and oxygen atoms in total. The summed E-state index contributed by atoms with van der Waals surface area (Å²) in [5.74, 6) is -2.32.